The van der Waals surface area contributed by atoms with Crippen LogP contribution in [0.1, 0.15) is 19.4 Å². The Hall–Kier alpha value is -0.753. The molecule has 1 aromatic carbocycles. The molecule has 0 radical (unpaired) electrons. The van der Waals surface area contributed by atoms with E-state index in [-0.39, 0.29) is 11.9 Å². The maximum atomic E-state index is 12.8. The van der Waals surface area contributed by atoms with Crippen LogP contribution in [0.15, 0.2) is 24.3 Å². The highest BCUT2D eigenvalue weighted by Crippen LogP contribution is 2.19. The van der Waals surface area contributed by atoms with Gasteiger partial charge in [0, 0.05) is 26.4 Å². The molecule has 0 saturated carbocycles. The highest BCUT2D eigenvalue weighted by molar-refractivity contribution is 6.60. The molecule has 0 aliphatic carbocycles. The van der Waals surface area contributed by atoms with Gasteiger partial charge in [0.1, 0.15) is 5.82 Å². The summed E-state index contributed by atoms with van der Waals surface area (Å²) in [6.45, 7) is 3.91. The highest BCUT2D eigenvalue weighted by Gasteiger charge is 2.39. The van der Waals surface area contributed by atoms with E-state index in [1.54, 1.807) is 26.4 Å². The van der Waals surface area contributed by atoms with Crippen molar-refractivity contribution in [1.29, 1.82) is 0 Å². The van der Waals surface area contributed by atoms with Crippen molar-refractivity contribution in [3.63, 3.8) is 0 Å². The van der Waals surface area contributed by atoms with Gasteiger partial charge in [0.05, 0.1) is 0 Å². The minimum absolute atomic E-state index is 0.0600. The quantitative estimate of drug-likeness (QED) is 0.714. The van der Waals surface area contributed by atoms with Crippen molar-refractivity contribution in [3.05, 3.63) is 35.6 Å². The van der Waals surface area contributed by atoms with E-state index in [0.717, 1.165) is 12.0 Å². The lowest BCUT2D eigenvalue weighted by molar-refractivity contribution is 0.0700. The molecule has 0 heterocycles. The van der Waals surface area contributed by atoms with Gasteiger partial charge in [0.2, 0.25) is 0 Å². The van der Waals surface area contributed by atoms with E-state index < -0.39 is 8.80 Å². The van der Waals surface area contributed by atoms with Crippen molar-refractivity contribution in [2.45, 2.75) is 32.4 Å². The number of benzene rings is 1. The number of rotatable bonds is 7. The van der Waals surface area contributed by atoms with Gasteiger partial charge in [0.15, 0.2) is 0 Å². The SMILES string of the molecule is CO[Si](CCc1ccc(F)cc1)(OC)OC(C)C. The van der Waals surface area contributed by atoms with Crippen LogP contribution in [0.4, 0.5) is 4.39 Å². The molecule has 0 saturated heterocycles. The summed E-state index contributed by atoms with van der Waals surface area (Å²) in [4.78, 5) is 0. The molecule has 1 aromatic rings. The lowest BCUT2D eigenvalue weighted by Gasteiger charge is -2.28. The van der Waals surface area contributed by atoms with Crippen LogP contribution in [-0.2, 0) is 19.7 Å². The molecule has 0 aromatic heterocycles. The van der Waals surface area contributed by atoms with Gasteiger partial charge < -0.3 is 13.3 Å². The summed E-state index contributed by atoms with van der Waals surface area (Å²) < 4.78 is 29.5. The summed E-state index contributed by atoms with van der Waals surface area (Å²) in [6.07, 6.45) is 0.811. The summed E-state index contributed by atoms with van der Waals surface area (Å²) in [5.41, 5.74) is 1.05. The second-order valence-electron chi connectivity index (χ2n) is 4.38. The summed E-state index contributed by atoms with van der Waals surface area (Å²) in [6, 6.07) is 7.15. The zero-order chi connectivity index (χ0) is 13.6. The van der Waals surface area contributed by atoms with Crippen molar-refractivity contribution in [1.82, 2.24) is 0 Å². The predicted octanol–water partition coefficient (Wildman–Crippen LogP) is 3.02. The first-order valence-electron chi connectivity index (χ1n) is 6.04. The zero-order valence-corrected chi connectivity index (χ0v) is 12.4. The molecule has 0 bridgehead atoms. The number of hydrogen-bond donors (Lipinski definition) is 0. The van der Waals surface area contributed by atoms with E-state index >= 15 is 0 Å². The van der Waals surface area contributed by atoms with E-state index in [1.807, 2.05) is 13.8 Å². The van der Waals surface area contributed by atoms with Gasteiger partial charge in [0.25, 0.3) is 0 Å². The van der Waals surface area contributed by atoms with Gasteiger partial charge in [-0.05, 0) is 38.0 Å². The Morgan fingerprint density at radius 3 is 2.11 bits per heavy atom. The average Bonchev–Trinajstić information content (AvgIpc) is 2.36. The van der Waals surface area contributed by atoms with Crippen molar-refractivity contribution in [3.8, 4) is 0 Å². The monoisotopic (exact) mass is 272 g/mol. The van der Waals surface area contributed by atoms with Crippen molar-refractivity contribution >= 4 is 8.80 Å². The van der Waals surface area contributed by atoms with Crippen molar-refractivity contribution < 1.29 is 17.7 Å². The normalized spacial score (nSPS) is 12.1. The Bertz CT molecular complexity index is 350. The number of hydrogen-bond acceptors (Lipinski definition) is 3. The summed E-state index contributed by atoms with van der Waals surface area (Å²) in [5, 5.41) is 0. The van der Waals surface area contributed by atoms with Crippen LogP contribution in [0.2, 0.25) is 6.04 Å². The number of aryl methyl sites for hydroxylation is 1. The lowest BCUT2D eigenvalue weighted by Crippen LogP contribution is -2.46. The molecule has 0 aliphatic rings. The van der Waals surface area contributed by atoms with E-state index in [9.17, 15) is 4.39 Å². The van der Waals surface area contributed by atoms with Crippen LogP contribution >= 0.6 is 0 Å². The standard InChI is InChI=1S/C13H21FO3Si/c1-11(2)17-18(15-3,16-4)10-9-12-5-7-13(14)8-6-12/h5-8,11H,9-10H2,1-4H3. The molecule has 0 unspecified atom stereocenters. The Kier molecular flexibility index (Phi) is 5.94. The maximum Gasteiger partial charge on any atom is 0.500 e. The molecular formula is C13H21FO3Si. The van der Waals surface area contributed by atoms with Crippen LogP contribution in [-0.4, -0.2) is 29.1 Å². The second kappa shape index (κ2) is 6.99. The topological polar surface area (TPSA) is 27.7 Å². The number of halogens is 1. The minimum Gasteiger partial charge on any atom is -0.377 e. The molecule has 102 valence electrons. The fourth-order valence-corrected chi connectivity index (χ4v) is 3.95. The smallest absolute Gasteiger partial charge is 0.377 e. The summed E-state index contributed by atoms with van der Waals surface area (Å²) in [5.74, 6) is -0.223. The highest BCUT2D eigenvalue weighted by atomic mass is 28.4. The molecule has 1 rings (SSSR count). The fourth-order valence-electron chi connectivity index (χ4n) is 1.75. The van der Waals surface area contributed by atoms with Gasteiger partial charge in [-0.25, -0.2) is 4.39 Å². The molecule has 0 fully saturated rings. The van der Waals surface area contributed by atoms with Gasteiger partial charge in [-0.1, -0.05) is 12.1 Å². The minimum atomic E-state index is -2.60. The first-order chi connectivity index (χ1) is 8.51. The first-order valence-corrected chi connectivity index (χ1v) is 7.97. The molecule has 18 heavy (non-hydrogen) atoms. The van der Waals surface area contributed by atoms with E-state index in [4.69, 9.17) is 13.3 Å². The maximum absolute atomic E-state index is 12.8. The van der Waals surface area contributed by atoms with Crippen LogP contribution in [0.5, 0.6) is 0 Å². The van der Waals surface area contributed by atoms with Gasteiger partial charge >= 0.3 is 8.80 Å². The second-order valence-corrected chi connectivity index (χ2v) is 7.30. The summed E-state index contributed by atoms with van der Waals surface area (Å²) >= 11 is 0. The average molecular weight is 272 g/mol. The van der Waals surface area contributed by atoms with Crippen LogP contribution in [0.25, 0.3) is 0 Å². The Morgan fingerprint density at radius 1 is 1.11 bits per heavy atom. The van der Waals surface area contributed by atoms with Gasteiger partial charge in [-0.2, -0.15) is 0 Å². The third-order valence-corrected chi connectivity index (χ3v) is 5.61. The van der Waals surface area contributed by atoms with Gasteiger partial charge in [-0.15, -0.1) is 0 Å². The molecule has 0 spiro atoms. The van der Waals surface area contributed by atoms with E-state index in [2.05, 4.69) is 0 Å². The Morgan fingerprint density at radius 2 is 1.67 bits per heavy atom. The molecule has 0 atom stereocenters. The van der Waals surface area contributed by atoms with Crippen molar-refractivity contribution in [2.75, 3.05) is 14.2 Å². The molecule has 0 aliphatic heterocycles. The van der Waals surface area contributed by atoms with Crippen LogP contribution in [0.3, 0.4) is 0 Å². The Labute approximate surface area is 109 Å². The zero-order valence-electron chi connectivity index (χ0n) is 11.4. The third-order valence-electron chi connectivity index (χ3n) is 2.67. The molecule has 5 heteroatoms. The largest absolute Gasteiger partial charge is 0.500 e. The van der Waals surface area contributed by atoms with E-state index in [0.29, 0.717) is 6.04 Å². The molecular weight excluding hydrogens is 251 g/mol. The molecule has 0 amide bonds. The Balaban J connectivity index is 2.64. The summed E-state index contributed by atoms with van der Waals surface area (Å²) in [7, 11) is 0.631. The predicted molar refractivity (Wildman–Crippen MR) is 70.9 cm³/mol. The molecule has 3 nitrogen and oxygen atoms in total. The first kappa shape index (κ1) is 15.3. The van der Waals surface area contributed by atoms with Gasteiger partial charge in [-0.3, -0.25) is 0 Å². The van der Waals surface area contributed by atoms with Crippen LogP contribution in [0, 0.1) is 5.82 Å². The molecule has 0 N–H and O–H groups in total. The van der Waals surface area contributed by atoms with Crippen LogP contribution < -0.4 is 0 Å². The lowest BCUT2D eigenvalue weighted by atomic mass is 10.2. The third kappa shape index (κ3) is 4.49. The van der Waals surface area contributed by atoms with E-state index in [1.165, 1.54) is 12.1 Å². The van der Waals surface area contributed by atoms with Crippen molar-refractivity contribution in [2.24, 2.45) is 0 Å². The fraction of sp³-hybridized carbons (Fsp3) is 0.538.